The number of hydrogen-bond donors (Lipinski definition) is 1. The van der Waals surface area contributed by atoms with Crippen LogP contribution in [0.15, 0.2) is 34.0 Å². The number of halogens is 1. The molecule has 1 saturated heterocycles. The number of nitrogens with zero attached hydrogens (tertiary/aromatic N) is 2. The minimum absolute atomic E-state index is 0.164. The number of esters is 1. The van der Waals surface area contributed by atoms with Crippen molar-refractivity contribution in [2.45, 2.75) is 10.3 Å². The third-order valence-electron chi connectivity index (χ3n) is 3.88. The number of sulfonamides is 1. The topological polar surface area (TPSA) is 88.6 Å². The van der Waals surface area contributed by atoms with Gasteiger partial charge in [0, 0.05) is 19.6 Å². The predicted molar refractivity (Wildman–Crippen MR) is 89.4 cm³/mol. The summed E-state index contributed by atoms with van der Waals surface area (Å²) in [5.41, 5.74) is 1.60. The fourth-order valence-electron chi connectivity index (χ4n) is 2.73. The van der Waals surface area contributed by atoms with E-state index in [-0.39, 0.29) is 16.4 Å². The van der Waals surface area contributed by atoms with Gasteiger partial charge in [0.25, 0.3) is 10.0 Å². The van der Waals surface area contributed by atoms with Gasteiger partial charge in [-0.25, -0.2) is 22.6 Å². The molecule has 2 heterocycles. The second kappa shape index (κ2) is 7.16. The molecule has 10 heteroatoms. The smallest absolute Gasteiger partial charge is 0.358 e. The maximum absolute atomic E-state index is 13.6. The number of carbonyl (C=O) groups is 1. The molecule has 1 aromatic carbocycles. The first-order valence-electron chi connectivity index (χ1n) is 7.45. The molecule has 1 aromatic heterocycles. The molecule has 7 nitrogen and oxygen atoms in total. The SMILES string of the molecule is COC(=O)c1ncsc1S(=O)(=O)N1CCNCC1c1cccc(F)c1. The normalized spacial score (nSPS) is 18.9. The molecule has 0 aliphatic carbocycles. The van der Waals surface area contributed by atoms with Crippen molar-refractivity contribution in [1.82, 2.24) is 14.6 Å². The molecule has 0 spiro atoms. The van der Waals surface area contributed by atoms with Crippen molar-refractivity contribution >= 4 is 27.3 Å². The number of piperazine rings is 1. The number of methoxy groups -OCH3 is 1. The summed E-state index contributed by atoms with van der Waals surface area (Å²) >= 11 is 0.858. The van der Waals surface area contributed by atoms with Crippen LogP contribution < -0.4 is 5.32 Å². The van der Waals surface area contributed by atoms with Crippen LogP contribution in [0.5, 0.6) is 0 Å². The highest BCUT2D eigenvalue weighted by Crippen LogP contribution is 2.32. The van der Waals surface area contributed by atoms with Gasteiger partial charge in [0.1, 0.15) is 5.82 Å². The molecule has 0 saturated carbocycles. The second-order valence-electron chi connectivity index (χ2n) is 5.37. The molecule has 0 bridgehead atoms. The summed E-state index contributed by atoms with van der Waals surface area (Å²) in [6.07, 6.45) is 0. The lowest BCUT2D eigenvalue weighted by Crippen LogP contribution is -2.48. The van der Waals surface area contributed by atoms with E-state index in [4.69, 9.17) is 0 Å². The van der Waals surface area contributed by atoms with Gasteiger partial charge >= 0.3 is 5.97 Å². The molecule has 25 heavy (non-hydrogen) atoms. The third-order valence-corrected chi connectivity index (χ3v) is 7.14. The summed E-state index contributed by atoms with van der Waals surface area (Å²) in [5.74, 6) is -1.24. The Morgan fingerprint density at radius 2 is 2.28 bits per heavy atom. The van der Waals surface area contributed by atoms with Gasteiger partial charge in [-0.1, -0.05) is 12.1 Å². The maximum atomic E-state index is 13.6. The van der Waals surface area contributed by atoms with Gasteiger partial charge in [-0.15, -0.1) is 11.3 Å². The quantitative estimate of drug-likeness (QED) is 0.801. The van der Waals surface area contributed by atoms with E-state index in [0.717, 1.165) is 11.3 Å². The van der Waals surface area contributed by atoms with Crippen molar-refractivity contribution in [3.63, 3.8) is 0 Å². The van der Waals surface area contributed by atoms with Crippen LogP contribution in [0.3, 0.4) is 0 Å². The number of rotatable bonds is 4. The van der Waals surface area contributed by atoms with Crippen LogP contribution in [0.2, 0.25) is 0 Å². The molecular formula is C15H16FN3O4S2. The molecule has 1 atom stereocenters. The number of hydrogen-bond acceptors (Lipinski definition) is 7. The molecule has 0 amide bonds. The summed E-state index contributed by atoms with van der Waals surface area (Å²) in [5, 5.41) is 3.12. The zero-order chi connectivity index (χ0) is 18.0. The lowest BCUT2D eigenvalue weighted by atomic mass is 10.1. The third kappa shape index (κ3) is 3.43. The minimum Gasteiger partial charge on any atom is -0.464 e. The number of nitrogens with one attached hydrogen (secondary N) is 1. The van der Waals surface area contributed by atoms with Crippen molar-refractivity contribution in [1.29, 1.82) is 0 Å². The van der Waals surface area contributed by atoms with E-state index in [1.54, 1.807) is 6.07 Å². The Bertz CT molecular complexity index is 884. The van der Waals surface area contributed by atoms with Gasteiger partial charge in [-0.2, -0.15) is 4.31 Å². The van der Waals surface area contributed by atoms with E-state index in [0.29, 0.717) is 18.7 Å². The van der Waals surface area contributed by atoms with E-state index < -0.39 is 27.9 Å². The van der Waals surface area contributed by atoms with E-state index in [2.05, 4.69) is 15.0 Å². The van der Waals surface area contributed by atoms with E-state index in [1.165, 1.54) is 35.1 Å². The van der Waals surface area contributed by atoms with E-state index in [1.807, 2.05) is 0 Å². The molecule has 1 aliphatic rings. The molecular weight excluding hydrogens is 369 g/mol. The number of carbonyl (C=O) groups excluding carboxylic acids is 1. The fourth-order valence-corrected chi connectivity index (χ4v) is 5.59. The van der Waals surface area contributed by atoms with Gasteiger partial charge in [-0.05, 0) is 17.7 Å². The van der Waals surface area contributed by atoms with Gasteiger partial charge < -0.3 is 10.1 Å². The molecule has 1 N–H and O–H groups in total. The van der Waals surface area contributed by atoms with Crippen LogP contribution in [-0.2, 0) is 14.8 Å². The van der Waals surface area contributed by atoms with Crippen LogP contribution in [0, 0.1) is 5.82 Å². The van der Waals surface area contributed by atoms with Crippen LogP contribution in [0.4, 0.5) is 4.39 Å². The maximum Gasteiger partial charge on any atom is 0.358 e. The van der Waals surface area contributed by atoms with Gasteiger partial charge in [0.2, 0.25) is 0 Å². The highest BCUT2D eigenvalue weighted by molar-refractivity contribution is 7.91. The summed E-state index contributed by atoms with van der Waals surface area (Å²) in [7, 11) is -2.82. The summed E-state index contributed by atoms with van der Waals surface area (Å²) < 4.78 is 45.5. The zero-order valence-electron chi connectivity index (χ0n) is 13.3. The lowest BCUT2D eigenvalue weighted by Gasteiger charge is -2.35. The van der Waals surface area contributed by atoms with Gasteiger partial charge in [0.15, 0.2) is 9.90 Å². The van der Waals surface area contributed by atoms with Crippen LogP contribution in [-0.4, -0.2) is 50.4 Å². The first-order chi connectivity index (χ1) is 11.9. The molecule has 1 aliphatic heterocycles. The molecule has 1 unspecified atom stereocenters. The Kier molecular flexibility index (Phi) is 5.13. The monoisotopic (exact) mass is 385 g/mol. The highest BCUT2D eigenvalue weighted by Gasteiger charge is 2.38. The van der Waals surface area contributed by atoms with E-state index >= 15 is 0 Å². The minimum atomic E-state index is -3.99. The Balaban J connectivity index is 2.02. The fraction of sp³-hybridized carbons (Fsp3) is 0.333. The van der Waals surface area contributed by atoms with Gasteiger partial charge in [-0.3, -0.25) is 0 Å². The molecule has 1 fully saturated rings. The number of benzene rings is 1. The Morgan fingerprint density at radius 3 is 3.00 bits per heavy atom. The first-order valence-corrected chi connectivity index (χ1v) is 9.77. The number of ether oxygens (including phenoxy) is 1. The van der Waals surface area contributed by atoms with E-state index in [9.17, 15) is 17.6 Å². The average Bonchev–Trinajstić information content (AvgIpc) is 3.12. The molecule has 134 valence electrons. The zero-order valence-corrected chi connectivity index (χ0v) is 14.9. The molecule has 2 aromatic rings. The summed E-state index contributed by atoms with van der Waals surface area (Å²) in [4.78, 5) is 15.6. The Hall–Kier alpha value is -1.88. The largest absolute Gasteiger partial charge is 0.464 e. The van der Waals surface area contributed by atoms with Crippen LogP contribution >= 0.6 is 11.3 Å². The standard InChI is InChI=1S/C15H16FN3O4S2/c1-23-14(20)13-15(24-9-18-13)25(21,22)19-6-5-17-8-12(19)10-3-2-4-11(16)7-10/h2-4,7,9,12,17H,5-6,8H2,1H3. The Morgan fingerprint density at radius 1 is 1.48 bits per heavy atom. The average molecular weight is 385 g/mol. The highest BCUT2D eigenvalue weighted by atomic mass is 32.2. The van der Waals surface area contributed by atoms with Crippen molar-refractivity contribution < 1.29 is 22.3 Å². The summed E-state index contributed by atoms with van der Waals surface area (Å²) in [6.45, 7) is 0.995. The predicted octanol–water partition coefficient (Wildman–Crippen LogP) is 1.40. The van der Waals surface area contributed by atoms with Crippen molar-refractivity contribution in [3.05, 3.63) is 46.9 Å². The Labute approximate surface area is 148 Å². The number of aromatic nitrogens is 1. The van der Waals surface area contributed by atoms with Gasteiger partial charge in [0.05, 0.1) is 18.7 Å². The van der Waals surface area contributed by atoms with Crippen molar-refractivity contribution in [2.24, 2.45) is 0 Å². The second-order valence-corrected chi connectivity index (χ2v) is 8.31. The first kappa shape index (κ1) is 17.9. The van der Waals surface area contributed by atoms with Crippen LogP contribution in [0.1, 0.15) is 22.1 Å². The van der Waals surface area contributed by atoms with Crippen molar-refractivity contribution in [3.8, 4) is 0 Å². The number of thiazole rings is 1. The van der Waals surface area contributed by atoms with Crippen LogP contribution in [0.25, 0.3) is 0 Å². The molecule has 0 radical (unpaired) electrons. The van der Waals surface area contributed by atoms with Crippen molar-refractivity contribution in [2.75, 3.05) is 26.7 Å². The summed E-state index contributed by atoms with van der Waals surface area (Å²) in [6, 6.07) is 5.25. The lowest BCUT2D eigenvalue weighted by molar-refractivity contribution is 0.0590. The molecule has 3 rings (SSSR count).